The molecule has 0 saturated carbocycles. The number of aromatic nitrogens is 1. The summed E-state index contributed by atoms with van der Waals surface area (Å²) in [5.74, 6) is 2.73. The minimum Gasteiger partial charge on any atom is -0.444 e. The monoisotopic (exact) mass is 372 g/mol. The molecule has 1 aliphatic heterocycles. The zero-order valence-electron chi connectivity index (χ0n) is 15.8. The number of hydrogen-bond donors (Lipinski definition) is 2. The summed E-state index contributed by atoms with van der Waals surface area (Å²) in [5, 5.41) is 6.79. The number of hydrogen-bond acceptors (Lipinski definition) is 4. The number of nitrogens with zero attached hydrogens (tertiary/aromatic N) is 2. The minimum atomic E-state index is 0.308. The standard InChI is InChI=1S/C20H28N4OS/c1-4-21-19(23-14-20(3)10-5-11-26-20)22-12-17-13-25-18(24-17)16-8-6-15(2)7-9-16/h6-9,13H,4-5,10-12,14H2,1-3H3,(H2,21,22,23). The number of benzene rings is 1. The Hall–Kier alpha value is -1.95. The molecular formula is C20H28N4OS. The van der Waals surface area contributed by atoms with Crippen molar-refractivity contribution in [3.05, 3.63) is 41.8 Å². The maximum Gasteiger partial charge on any atom is 0.226 e. The molecular weight excluding hydrogens is 344 g/mol. The molecule has 1 saturated heterocycles. The summed E-state index contributed by atoms with van der Waals surface area (Å²) in [5.41, 5.74) is 3.04. The van der Waals surface area contributed by atoms with Gasteiger partial charge in [0.2, 0.25) is 5.89 Å². The first-order chi connectivity index (χ1) is 12.6. The van der Waals surface area contributed by atoms with Crippen molar-refractivity contribution < 1.29 is 4.42 Å². The molecule has 0 amide bonds. The highest BCUT2D eigenvalue weighted by Gasteiger charge is 2.29. The highest BCUT2D eigenvalue weighted by molar-refractivity contribution is 8.00. The molecule has 1 atom stereocenters. The topological polar surface area (TPSA) is 62.5 Å². The van der Waals surface area contributed by atoms with Crippen molar-refractivity contribution in [3.8, 4) is 11.5 Å². The lowest BCUT2D eigenvalue weighted by molar-refractivity contribution is 0.572. The van der Waals surface area contributed by atoms with E-state index in [0.29, 0.717) is 17.2 Å². The lowest BCUT2D eigenvalue weighted by atomic mass is 10.1. The maximum absolute atomic E-state index is 5.62. The van der Waals surface area contributed by atoms with E-state index in [0.717, 1.165) is 30.3 Å². The number of nitrogens with one attached hydrogen (secondary N) is 2. The smallest absolute Gasteiger partial charge is 0.226 e. The third-order valence-electron chi connectivity index (χ3n) is 4.52. The molecule has 0 radical (unpaired) electrons. The first-order valence-corrected chi connectivity index (χ1v) is 10.2. The minimum absolute atomic E-state index is 0.308. The molecule has 0 spiro atoms. The van der Waals surface area contributed by atoms with Crippen molar-refractivity contribution in [2.75, 3.05) is 18.8 Å². The van der Waals surface area contributed by atoms with Gasteiger partial charge in [0.05, 0.1) is 6.54 Å². The maximum atomic E-state index is 5.62. The van der Waals surface area contributed by atoms with Crippen molar-refractivity contribution in [2.24, 2.45) is 4.99 Å². The molecule has 1 unspecified atom stereocenters. The molecule has 140 valence electrons. The molecule has 2 aromatic rings. The average Bonchev–Trinajstić information content (AvgIpc) is 3.28. The number of thioether (sulfide) groups is 1. The predicted octanol–water partition coefficient (Wildman–Crippen LogP) is 3.99. The van der Waals surface area contributed by atoms with Gasteiger partial charge in [-0.3, -0.25) is 0 Å². The van der Waals surface area contributed by atoms with Crippen molar-refractivity contribution in [3.63, 3.8) is 0 Å². The van der Waals surface area contributed by atoms with Crippen LogP contribution in [0.15, 0.2) is 39.9 Å². The van der Waals surface area contributed by atoms with Crippen molar-refractivity contribution in [1.29, 1.82) is 0 Å². The van der Waals surface area contributed by atoms with E-state index in [-0.39, 0.29) is 0 Å². The van der Waals surface area contributed by atoms with Crippen molar-refractivity contribution in [1.82, 2.24) is 15.6 Å². The van der Waals surface area contributed by atoms with Gasteiger partial charge in [-0.05, 0) is 51.5 Å². The van der Waals surface area contributed by atoms with E-state index in [1.807, 2.05) is 23.9 Å². The van der Waals surface area contributed by atoms with Crippen LogP contribution in [-0.4, -0.2) is 34.5 Å². The Morgan fingerprint density at radius 1 is 1.31 bits per heavy atom. The van der Waals surface area contributed by atoms with Gasteiger partial charge in [0.15, 0.2) is 5.96 Å². The summed E-state index contributed by atoms with van der Waals surface area (Å²) in [4.78, 5) is 9.22. The Balaban J connectivity index is 1.61. The Kier molecular flexibility index (Phi) is 6.25. The van der Waals surface area contributed by atoms with Crippen LogP contribution in [0.4, 0.5) is 0 Å². The van der Waals surface area contributed by atoms with Gasteiger partial charge in [-0.2, -0.15) is 11.8 Å². The Morgan fingerprint density at radius 3 is 2.81 bits per heavy atom. The molecule has 2 heterocycles. The number of guanidine groups is 1. The van der Waals surface area contributed by atoms with Crippen LogP contribution in [0, 0.1) is 6.92 Å². The normalized spacial score (nSPS) is 20.3. The molecule has 1 fully saturated rings. The molecule has 6 heteroatoms. The summed E-state index contributed by atoms with van der Waals surface area (Å²) >= 11 is 2.05. The second-order valence-corrected chi connectivity index (χ2v) is 8.64. The van der Waals surface area contributed by atoms with Crippen LogP contribution in [0.25, 0.3) is 11.5 Å². The highest BCUT2D eigenvalue weighted by atomic mass is 32.2. The first-order valence-electron chi connectivity index (χ1n) is 9.25. The molecule has 1 aliphatic rings. The van der Waals surface area contributed by atoms with Crippen molar-refractivity contribution in [2.45, 2.75) is 44.9 Å². The average molecular weight is 373 g/mol. The molecule has 26 heavy (non-hydrogen) atoms. The van der Waals surface area contributed by atoms with Crippen LogP contribution in [0.2, 0.25) is 0 Å². The van der Waals surface area contributed by atoms with E-state index >= 15 is 0 Å². The van der Waals surface area contributed by atoms with E-state index in [4.69, 9.17) is 4.42 Å². The van der Waals surface area contributed by atoms with E-state index in [1.54, 1.807) is 6.26 Å². The van der Waals surface area contributed by atoms with Crippen LogP contribution in [0.1, 0.15) is 37.9 Å². The number of oxazole rings is 1. The highest BCUT2D eigenvalue weighted by Crippen LogP contribution is 2.36. The second kappa shape index (κ2) is 8.62. The summed E-state index contributed by atoms with van der Waals surface area (Å²) in [7, 11) is 0. The molecule has 1 aromatic heterocycles. The van der Waals surface area contributed by atoms with Gasteiger partial charge in [-0.25, -0.2) is 9.98 Å². The molecule has 0 aliphatic carbocycles. The second-order valence-electron chi connectivity index (χ2n) is 6.96. The van der Waals surface area contributed by atoms with Crippen LogP contribution in [0.5, 0.6) is 0 Å². The fourth-order valence-corrected chi connectivity index (χ4v) is 4.20. The molecule has 0 bridgehead atoms. The van der Waals surface area contributed by atoms with Gasteiger partial charge >= 0.3 is 0 Å². The van der Waals surface area contributed by atoms with Crippen molar-refractivity contribution >= 4 is 17.7 Å². The molecule has 3 rings (SSSR count). The molecule has 5 nitrogen and oxygen atoms in total. The number of aryl methyl sites for hydroxylation is 1. The molecule has 1 aromatic carbocycles. The van der Waals surface area contributed by atoms with Crippen LogP contribution < -0.4 is 10.6 Å². The van der Waals surface area contributed by atoms with E-state index < -0.39 is 0 Å². The van der Waals surface area contributed by atoms with Crippen LogP contribution in [-0.2, 0) is 6.54 Å². The largest absolute Gasteiger partial charge is 0.444 e. The lowest BCUT2D eigenvalue weighted by Crippen LogP contribution is -2.43. The van der Waals surface area contributed by atoms with Gasteiger partial charge in [0, 0.05) is 23.4 Å². The Labute approximate surface area is 160 Å². The fraction of sp³-hybridized carbons (Fsp3) is 0.500. The summed E-state index contributed by atoms with van der Waals surface area (Å²) in [6.45, 7) is 8.73. The van der Waals surface area contributed by atoms with Gasteiger partial charge in [0.25, 0.3) is 0 Å². The first kappa shape index (κ1) is 18.8. The van der Waals surface area contributed by atoms with Crippen LogP contribution in [0.3, 0.4) is 0 Å². The van der Waals surface area contributed by atoms with E-state index in [2.05, 4.69) is 53.5 Å². The molecule has 2 N–H and O–H groups in total. The fourth-order valence-electron chi connectivity index (χ4n) is 2.96. The van der Waals surface area contributed by atoms with E-state index in [1.165, 1.54) is 24.2 Å². The van der Waals surface area contributed by atoms with E-state index in [9.17, 15) is 0 Å². The summed E-state index contributed by atoms with van der Waals surface area (Å²) in [6, 6.07) is 8.18. The van der Waals surface area contributed by atoms with Gasteiger partial charge in [-0.15, -0.1) is 0 Å². The zero-order valence-corrected chi connectivity index (χ0v) is 16.7. The Morgan fingerprint density at radius 2 is 2.12 bits per heavy atom. The van der Waals surface area contributed by atoms with Gasteiger partial charge < -0.3 is 15.1 Å². The third-order valence-corrected chi connectivity index (χ3v) is 6.06. The summed E-state index contributed by atoms with van der Waals surface area (Å²) < 4.78 is 5.92. The zero-order chi connectivity index (χ0) is 18.4. The summed E-state index contributed by atoms with van der Waals surface area (Å²) in [6.07, 6.45) is 4.25. The van der Waals surface area contributed by atoms with Gasteiger partial charge in [0.1, 0.15) is 12.0 Å². The number of rotatable bonds is 6. The van der Waals surface area contributed by atoms with Crippen LogP contribution >= 0.6 is 11.8 Å². The number of aliphatic imine (C=N–C) groups is 1. The Bertz CT molecular complexity index is 733. The lowest BCUT2D eigenvalue weighted by Gasteiger charge is -2.24. The quantitative estimate of drug-likeness (QED) is 0.593. The SMILES string of the molecule is CCNC(=NCc1coc(-c2ccc(C)cc2)n1)NCC1(C)CCCS1. The van der Waals surface area contributed by atoms with Gasteiger partial charge in [-0.1, -0.05) is 17.7 Å². The predicted molar refractivity (Wildman–Crippen MR) is 110 cm³/mol. The third kappa shape index (κ3) is 5.04.